The number of nitriles is 1. The number of carbonyl (C=O) groups excluding carboxylic acids is 2. The highest BCUT2D eigenvalue weighted by atomic mass is 32.2. The third-order valence-corrected chi connectivity index (χ3v) is 6.90. The van der Waals surface area contributed by atoms with Gasteiger partial charge in [0.25, 0.3) is 10.0 Å². The summed E-state index contributed by atoms with van der Waals surface area (Å²) in [6.07, 6.45) is 0.806. The molecule has 0 bridgehead atoms. The number of anilines is 1. The number of nitrogens with zero attached hydrogens (tertiary/aromatic N) is 3. The van der Waals surface area contributed by atoms with Crippen LogP contribution in [-0.4, -0.2) is 45.0 Å². The summed E-state index contributed by atoms with van der Waals surface area (Å²) >= 11 is 0. The van der Waals surface area contributed by atoms with Crippen molar-refractivity contribution < 1.29 is 22.7 Å². The quantitative estimate of drug-likeness (QED) is 0.638. The maximum absolute atomic E-state index is 12.6. The minimum atomic E-state index is -3.94. The summed E-state index contributed by atoms with van der Waals surface area (Å²) < 4.78 is 32.2. The minimum Gasteiger partial charge on any atom is -0.462 e. The van der Waals surface area contributed by atoms with Gasteiger partial charge in [-0.3, -0.25) is 4.79 Å². The number of sulfonamides is 1. The van der Waals surface area contributed by atoms with E-state index in [0.29, 0.717) is 37.4 Å². The molecule has 1 N–H and O–H groups in total. The van der Waals surface area contributed by atoms with Gasteiger partial charge in [0.1, 0.15) is 11.9 Å². The average Bonchev–Trinajstić information content (AvgIpc) is 2.79. The molecule has 1 fully saturated rings. The molecular weight excluding hydrogens is 444 g/mol. The van der Waals surface area contributed by atoms with Gasteiger partial charge in [0, 0.05) is 19.0 Å². The normalized spacial score (nSPS) is 14.4. The average molecular weight is 471 g/mol. The van der Waals surface area contributed by atoms with Crippen molar-refractivity contribution >= 4 is 27.7 Å². The number of hydrogen-bond donors (Lipinski definition) is 1. The summed E-state index contributed by atoms with van der Waals surface area (Å²) in [5.74, 6) is -1.12. The predicted molar refractivity (Wildman–Crippen MR) is 121 cm³/mol. The summed E-state index contributed by atoms with van der Waals surface area (Å²) in [6, 6.07) is 9.82. The standard InChI is InChI=1S/C23H26N4O5S/c1-4-32-23(29)20-13-18(14-24)21(25-16(20)3)27-11-9-17(10-12-27)22(28)26-33(30,31)19-7-5-15(2)6-8-19/h5-8,13,17H,4,9-12H2,1-3H3,(H,26,28). The first kappa shape index (κ1) is 24.2. The van der Waals surface area contributed by atoms with Crippen LogP contribution >= 0.6 is 0 Å². The van der Waals surface area contributed by atoms with E-state index in [1.807, 2.05) is 11.8 Å². The van der Waals surface area contributed by atoms with Crippen molar-refractivity contribution in [3.05, 3.63) is 52.7 Å². The van der Waals surface area contributed by atoms with E-state index in [-0.39, 0.29) is 22.6 Å². The SMILES string of the molecule is CCOC(=O)c1cc(C#N)c(N2CCC(C(=O)NS(=O)(=O)c3ccc(C)cc3)CC2)nc1C. The number of aryl methyl sites for hydroxylation is 2. The molecule has 1 amide bonds. The van der Waals surface area contributed by atoms with Gasteiger partial charge in [-0.15, -0.1) is 0 Å². The largest absolute Gasteiger partial charge is 0.462 e. The Bertz CT molecular complexity index is 1190. The lowest BCUT2D eigenvalue weighted by atomic mass is 9.96. The molecule has 174 valence electrons. The number of nitrogens with one attached hydrogen (secondary N) is 1. The number of benzene rings is 1. The second kappa shape index (κ2) is 10.0. The van der Waals surface area contributed by atoms with E-state index >= 15 is 0 Å². The Morgan fingerprint density at radius 1 is 1.21 bits per heavy atom. The highest BCUT2D eigenvalue weighted by Crippen LogP contribution is 2.27. The van der Waals surface area contributed by atoms with Crippen LogP contribution in [0.5, 0.6) is 0 Å². The number of ether oxygens (including phenoxy) is 1. The Kier molecular flexibility index (Phi) is 7.33. The monoisotopic (exact) mass is 470 g/mol. The number of aromatic nitrogens is 1. The molecule has 0 saturated carbocycles. The van der Waals surface area contributed by atoms with Crippen LogP contribution in [0.3, 0.4) is 0 Å². The van der Waals surface area contributed by atoms with Gasteiger partial charge in [-0.2, -0.15) is 5.26 Å². The fraction of sp³-hybridized carbons (Fsp3) is 0.391. The Hall–Kier alpha value is -3.45. The summed E-state index contributed by atoms with van der Waals surface area (Å²) in [6.45, 7) is 6.28. The molecule has 1 aromatic carbocycles. The molecule has 33 heavy (non-hydrogen) atoms. The van der Waals surface area contributed by atoms with Gasteiger partial charge in [0.05, 0.1) is 28.3 Å². The van der Waals surface area contributed by atoms with E-state index in [1.54, 1.807) is 26.0 Å². The predicted octanol–water partition coefficient (Wildman–Crippen LogP) is 2.47. The zero-order chi connectivity index (χ0) is 24.2. The van der Waals surface area contributed by atoms with Crippen molar-refractivity contribution in [2.45, 2.75) is 38.5 Å². The van der Waals surface area contributed by atoms with Gasteiger partial charge in [0.15, 0.2) is 0 Å². The lowest BCUT2D eigenvalue weighted by Gasteiger charge is -2.32. The van der Waals surface area contributed by atoms with Crippen LogP contribution in [0.1, 0.15) is 46.9 Å². The van der Waals surface area contributed by atoms with E-state index < -0.39 is 27.8 Å². The summed E-state index contributed by atoms with van der Waals surface area (Å²) in [4.78, 5) is 31.1. The molecule has 0 radical (unpaired) electrons. The Morgan fingerprint density at radius 2 is 1.85 bits per heavy atom. The van der Waals surface area contributed by atoms with E-state index in [2.05, 4.69) is 15.8 Å². The van der Waals surface area contributed by atoms with Crippen molar-refractivity contribution in [3.8, 4) is 6.07 Å². The molecule has 1 aliphatic heterocycles. The molecule has 1 aliphatic rings. The number of rotatable bonds is 6. The van der Waals surface area contributed by atoms with Crippen LogP contribution in [0.15, 0.2) is 35.2 Å². The van der Waals surface area contributed by atoms with Crippen LogP contribution in [0.4, 0.5) is 5.82 Å². The van der Waals surface area contributed by atoms with Crippen LogP contribution < -0.4 is 9.62 Å². The second-order valence-electron chi connectivity index (χ2n) is 7.87. The Labute approximate surface area is 193 Å². The van der Waals surface area contributed by atoms with Crippen molar-refractivity contribution in [2.75, 3.05) is 24.6 Å². The lowest BCUT2D eigenvalue weighted by molar-refractivity contribution is -0.123. The third kappa shape index (κ3) is 5.49. The molecule has 2 aromatic rings. The maximum atomic E-state index is 12.6. The number of amides is 1. The van der Waals surface area contributed by atoms with Crippen molar-refractivity contribution in [1.29, 1.82) is 5.26 Å². The molecule has 9 nitrogen and oxygen atoms in total. The van der Waals surface area contributed by atoms with Crippen molar-refractivity contribution in [2.24, 2.45) is 5.92 Å². The molecule has 2 heterocycles. The Morgan fingerprint density at radius 3 is 2.42 bits per heavy atom. The van der Waals surface area contributed by atoms with Crippen LogP contribution in [0.2, 0.25) is 0 Å². The molecule has 3 rings (SSSR count). The number of pyridine rings is 1. The fourth-order valence-electron chi connectivity index (χ4n) is 3.68. The van der Waals surface area contributed by atoms with Gasteiger partial charge in [-0.05, 0) is 51.8 Å². The van der Waals surface area contributed by atoms with E-state index in [0.717, 1.165) is 5.56 Å². The minimum absolute atomic E-state index is 0.0407. The molecule has 0 aliphatic carbocycles. The zero-order valence-electron chi connectivity index (χ0n) is 18.8. The van der Waals surface area contributed by atoms with Gasteiger partial charge in [0.2, 0.25) is 5.91 Å². The summed E-state index contributed by atoms with van der Waals surface area (Å²) in [7, 11) is -3.94. The van der Waals surface area contributed by atoms with Crippen molar-refractivity contribution in [1.82, 2.24) is 9.71 Å². The maximum Gasteiger partial charge on any atom is 0.340 e. The van der Waals surface area contributed by atoms with E-state index in [9.17, 15) is 23.3 Å². The van der Waals surface area contributed by atoms with Gasteiger partial charge >= 0.3 is 5.97 Å². The number of piperidine rings is 1. The van der Waals surface area contributed by atoms with Crippen LogP contribution in [-0.2, 0) is 19.6 Å². The molecule has 10 heteroatoms. The van der Waals surface area contributed by atoms with Crippen LogP contribution in [0.25, 0.3) is 0 Å². The highest BCUT2D eigenvalue weighted by molar-refractivity contribution is 7.90. The van der Waals surface area contributed by atoms with E-state index in [1.165, 1.54) is 18.2 Å². The van der Waals surface area contributed by atoms with Gasteiger partial charge in [-0.1, -0.05) is 17.7 Å². The third-order valence-electron chi connectivity index (χ3n) is 5.54. The first-order valence-electron chi connectivity index (χ1n) is 10.6. The number of carbonyl (C=O) groups is 2. The second-order valence-corrected chi connectivity index (χ2v) is 9.55. The van der Waals surface area contributed by atoms with Gasteiger partial charge < -0.3 is 9.64 Å². The summed E-state index contributed by atoms with van der Waals surface area (Å²) in [5.41, 5.74) is 1.86. The summed E-state index contributed by atoms with van der Waals surface area (Å²) in [5, 5.41) is 9.57. The molecule has 1 aromatic heterocycles. The van der Waals surface area contributed by atoms with Crippen LogP contribution in [0, 0.1) is 31.1 Å². The van der Waals surface area contributed by atoms with Crippen molar-refractivity contribution in [3.63, 3.8) is 0 Å². The van der Waals surface area contributed by atoms with E-state index in [4.69, 9.17) is 4.74 Å². The zero-order valence-corrected chi connectivity index (χ0v) is 19.6. The molecule has 1 saturated heterocycles. The number of hydrogen-bond acceptors (Lipinski definition) is 8. The molecule has 0 unspecified atom stereocenters. The van der Waals surface area contributed by atoms with Gasteiger partial charge in [-0.25, -0.2) is 22.9 Å². The molecular formula is C23H26N4O5S. The number of esters is 1. The Balaban J connectivity index is 1.69. The fourth-order valence-corrected chi connectivity index (χ4v) is 4.72. The lowest BCUT2D eigenvalue weighted by Crippen LogP contribution is -2.42. The smallest absolute Gasteiger partial charge is 0.340 e. The highest BCUT2D eigenvalue weighted by Gasteiger charge is 2.30. The molecule has 0 spiro atoms. The topological polar surface area (TPSA) is 129 Å². The molecule has 0 atom stereocenters. The first-order chi connectivity index (χ1) is 15.7. The first-order valence-corrected chi connectivity index (χ1v) is 12.1.